The maximum absolute atomic E-state index is 13.0. The number of rotatable bonds is 3. The molecule has 0 aromatic heterocycles. The third kappa shape index (κ3) is 2.23. The fraction of sp³-hybridized carbons (Fsp3) is 0.438. The summed E-state index contributed by atoms with van der Waals surface area (Å²) in [5, 5.41) is 3.51. The molecule has 0 amide bonds. The van der Waals surface area contributed by atoms with Crippen LogP contribution >= 0.6 is 0 Å². The van der Waals surface area contributed by atoms with Crippen LogP contribution in [0.25, 0.3) is 5.57 Å². The van der Waals surface area contributed by atoms with Gasteiger partial charge in [0.25, 0.3) is 0 Å². The molecule has 2 aliphatic heterocycles. The smallest absolute Gasteiger partial charge is 0.160 e. The average Bonchev–Trinajstić information content (AvgIpc) is 2.80. The summed E-state index contributed by atoms with van der Waals surface area (Å²) in [7, 11) is 0. The second-order valence-corrected chi connectivity index (χ2v) is 5.37. The molecule has 0 radical (unpaired) electrons. The number of benzene rings is 1. The molecule has 2 atom stereocenters. The van der Waals surface area contributed by atoms with Crippen LogP contribution in [0, 0.1) is 5.82 Å². The van der Waals surface area contributed by atoms with E-state index in [0.29, 0.717) is 12.5 Å². The van der Waals surface area contributed by atoms with Gasteiger partial charge in [0.05, 0.1) is 0 Å². The van der Waals surface area contributed by atoms with Crippen LogP contribution < -0.4 is 5.32 Å². The fourth-order valence-corrected chi connectivity index (χ4v) is 3.25. The number of carbonyl (C=O) groups is 1. The molecule has 0 saturated carbocycles. The number of carbonyl (C=O) groups excluding carboxylic acids is 1. The molecule has 2 heterocycles. The Morgan fingerprint density at radius 1 is 1.32 bits per heavy atom. The van der Waals surface area contributed by atoms with Crippen LogP contribution in [-0.4, -0.2) is 17.9 Å². The van der Waals surface area contributed by atoms with Crippen LogP contribution in [0.1, 0.15) is 38.2 Å². The Balaban J connectivity index is 2.07. The molecule has 3 heteroatoms. The Kier molecular flexibility index (Phi) is 3.23. The Labute approximate surface area is 112 Å². The number of halogens is 1. The lowest BCUT2D eigenvalue weighted by atomic mass is 9.87. The van der Waals surface area contributed by atoms with Gasteiger partial charge in [0.15, 0.2) is 5.78 Å². The van der Waals surface area contributed by atoms with Crippen molar-refractivity contribution >= 4 is 11.4 Å². The zero-order valence-electron chi connectivity index (χ0n) is 11.1. The van der Waals surface area contributed by atoms with Crippen LogP contribution in [0.3, 0.4) is 0 Å². The van der Waals surface area contributed by atoms with E-state index in [1.54, 1.807) is 12.1 Å². The summed E-state index contributed by atoms with van der Waals surface area (Å²) in [6, 6.07) is 7.20. The van der Waals surface area contributed by atoms with Crippen molar-refractivity contribution in [3.63, 3.8) is 0 Å². The lowest BCUT2D eigenvalue weighted by Crippen LogP contribution is -2.38. The van der Waals surface area contributed by atoms with Crippen molar-refractivity contribution in [1.82, 2.24) is 5.32 Å². The van der Waals surface area contributed by atoms with Crippen molar-refractivity contribution in [3.05, 3.63) is 41.2 Å². The summed E-state index contributed by atoms with van der Waals surface area (Å²) in [4.78, 5) is 12.2. The molecule has 1 aromatic carbocycles. The standard InChI is InChI=1S/C16H18FNO/c1-2-15(19)16-13(9-12-7-8-14(16)18-12)10-3-5-11(17)6-4-10/h3-6,12,14,18H,2,7-9H2,1H3. The lowest BCUT2D eigenvalue weighted by molar-refractivity contribution is -0.115. The third-order valence-electron chi connectivity index (χ3n) is 4.18. The molecule has 19 heavy (non-hydrogen) atoms. The van der Waals surface area contributed by atoms with Crippen LogP contribution in [-0.2, 0) is 4.79 Å². The van der Waals surface area contributed by atoms with Crippen LogP contribution in [0.2, 0.25) is 0 Å². The minimum atomic E-state index is -0.232. The topological polar surface area (TPSA) is 29.1 Å². The first kappa shape index (κ1) is 12.5. The van der Waals surface area contributed by atoms with Crippen molar-refractivity contribution in [2.24, 2.45) is 0 Å². The van der Waals surface area contributed by atoms with Gasteiger partial charge in [-0.05, 0) is 42.5 Å². The summed E-state index contributed by atoms with van der Waals surface area (Å²) in [5.41, 5.74) is 3.05. The SMILES string of the molecule is CCC(=O)C1=C(c2ccc(F)cc2)CC2CCC1N2. The van der Waals surface area contributed by atoms with Gasteiger partial charge in [-0.1, -0.05) is 19.1 Å². The molecule has 0 spiro atoms. The first-order valence-electron chi connectivity index (χ1n) is 6.97. The molecule has 100 valence electrons. The lowest BCUT2D eigenvalue weighted by Gasteiger charge is -2.27. The van der Waals surface area contributed by atoms with Gasteiger partial charge in [0, 0.05) is 24.1 Å². The van der Waals surface area contributed by atoms with Gasteiger partial charge < -0.3 is 5.32 Å². The molecule has 1 fully saturated rings. The highest BCUT2D eigenvalue weighted by molar-refractivity contribution is 6.04. The number of ketones is 1. The number of hydrogen-bond acceptors (Lipinski definition) is 2. The number of Topliss-reactive ketones (excluding diaryl/α,β-unsaturated/α-hetero) is 1. The van der Waals surface area contributed by atoms with Gasteiger partial charge in [-0.3, -0.25) is 4.79 Å². The summed E-state index contributed by atoms with van der Waals surface area (Å²) in [6.07, 6.45) is 3.57. The minimum Gasteiger partial charge on any atom is -0.307 e. The summed E-state index contributed by atoms with van der Waals surface area (Å²) < 4.78 is 13.0. The first-order valence-corrected chi connectivity index (χ1v) is 6.97. The minimum absolute atomic E-state index is 0.200. The van der Waals surface area contributed by atoms with Crippen molar-refractivity contribution in [2.45, 2.75) is 44.7 Å². The van der Waals surface area contributed by atoms with E-state index in [0.717, 1.165) is 36.0 Å². The first-order chi connectivity index (χ1) is 9.19. The van der Waals surface area contributed by atoms with E-state index in [2.05, 4.69) is 5.32 Å². The second kappa shape index (κ2) is 4.89. The number of nitrogens with one attached hydrogen (secondary N) is 1. The van der Waals surface area contributed by atoms with Gasteiger partial charge in [-0.25, -0.2) is 4.39 Å². The summed E-state index contributed by atoms with van der Waals surface area (Å²) in [5.74, 6) is -0.0122. The van der Waals surface area contributed by atoms with E-state index in [-0.39, 0.29) is 17.6 Å². The van der Waals surface area contributed by atoms with Gasteiger partial charge in [0.1, 0.15) is 5.82 Å². The Morgan fingerprint density at radius 2 is 2.05 bits per heavy atom. The quantitative estimate of drug-likeness (QED) is 0.903. The average molecular weight is 259 g/mol. The van der Waals surface area contributed by atoms with Crippen LogP contribution in [0.15, 0.2) is 29.8 Å². The second-order valence-electron chi connectivity index (χ2n) is 5.37. The van der Waals surface area contributed by atoms with Crippen molar-refractivity contribution in [2.75, 3.05) is 0 Å². The highest BCUT2D eigenvalue weighted by Gasteiger charge is 2.36. The van der Waals surface area contributed by atoms with Gasteiger partial charge >= 0.3 is 0 Å². The monoisotopic (exact) mass is 259 g/mol. The number of hydrogen-bond donors (Lipinski definition) is 1. The molecule has 1 N–H and O–H groups in total. The van der Waals surface area contributed by atoms with E-state index in [4.69, 9.17) is 0 Å². The van der Waals surface area contributed by atoms with Gasteiger partial charge in [-0.15, -0.1) is 0 Å². The maximum Gasteiger partial charge on any atom is 0.160 e. The normalized spacial score (nSPS) is 25.8. The molecule has 2 aliphatic rings. The Morgan fingerprint density at radius 3 is 2.74 bits per heavy atom. The summed E-state index contributed by atoms with van der Waals surface area (Å²) in [6.45, 7) is 1.90. The largest absolute Gasteiger partial charge is 0.307 e. The zero-order chi connectivity index (χ0) is 13.4. The summed E-state index contributed by atoms with van der Waals surface area (Å²) >= 11 is 0. The van der Waals surface area contributed by atoms with E-state index in [1.807, 2.05) is 6.92 Å². The molecule has 1 aromatic rings. The zero-order valence-corrected chi connectivity index (χ0v) is 11.1. The van der Waals surface area contributed by atoms with E-state index >= 15 is 0 Å². The Hall–Kier alpha value is -1.48. The van der Waals surface area contributed by atoms with E-state index in [9.17, 15) is 9.18 Å². The van der Waals surface area contributed by atoms with Crippen LogP contribution in [0.5, 0.6) is 0 Å². The van der Waals surface area contributed by atoms with E-state index < -0.39 is 0 Å². The maximum atomic E-state index is 13.0. The predicted molar refractivity (Wildman–Crippen MR) is 73.2 cm³/mol. The fourth-order valence-electron chi connectivity index (χ4n) is 3.25. The molecule has 2 nitrogen and oxygen atoms in total. The van der Waals surface area contributed by atoms with Crippen molar-refractivity contribution in [1.29, 1.82) is 0 Å². The Bertz CT molecular complexity index is 532. The number of fused-ring (bicyclic) bond motifs is 2. The third-order valence-corrected chi connectivity index (χ3v) is 4.18. The van der Waals surface area contributed by atoms with Crippen molar-refractivity contribution < 1.29 is 9.18 Å². The molecule has 2 bridgehead atoms. The molecule has 3 rings (SSSR count). The highest BCUT2D eigenvalue weighted by atomic mass is 19.1. The molecular formula is C16H18FNO. The molecular weight excluding hydrogens is 241 g/mol. The molecule has 1 saturated heterocycles. The predicted octanol–water partition coefficient (Wildman–Crippen LogP) is 3.08. The molecule has 2 unspecified atom stereocenters. The van der Waals surface area contributed by atoms with Crippen LogP contribution in [0.4, 0.5) is 4.39 Å². The van der Waals surface area contributed by atoms with Crippen molar-refractivity contribution in [3.8, 4) is 0 Å². The van der Waals surface area contributed by atoms with Gasteiger partial charge in [0.2, 0.25) is 0 Å². The van der Waals surface area contributed by atoms with Gasteiger partial charge in [-0.2, -0.15) is 0 Å². The highest BCUT2D eigenvalue weighted by Crippen LogP contribution is 2.37. The van der Waals surface area contributed by atoms with E-state index in [1.165, 1.54) is 12.1 Å². The molecule has 0 aliphatic carbocycles.